The monoisotopic (exact) mass is 827 g/mol. The van der Waals surface area contributed by atoms with Crippen molar-refractivity contribution in [2.24, 2.45) is 0 Å². The summed E-state index contributed by atoms with van der Waals surface area (Å²) in [6.07, 6.45) is 31.9. The van der Waals surface area contributed by atoms with Crippen LogP contribution in [0.2, 0.25) is 0 Å². The molecule has 0 saturated carbocycles. The van der Waals surface area contributed by atoms with E-state index in [4.69, 9.17) is 18.5 Å². The summed E-state index contributed by atoms with van der Waals surface area (Å²) in [5.41, 5.74) is 0. The predicted molar refractivity (Wildman–Crippen MR) is 228 cm³/mol. The lowest BCUT2D eigenvalue weighted by molar-refractivity contribution is -0.870. The van der Waals surface area contributed by atoms with E-state index in [9.17, 15) is 34.4 Å². The van der Waals surface area contributed by atoms with Gasteiger partial charge in [-0.3, -0.25) is 18.6 Å². The Kier molecular flexibility index (Phi) is 33.6. The first-order chi connectivity index (χ1) is 27.2. The van der Waals surface area contributed by atoms with Crippen molar-refractivity contribution in [2.75, 3.05) is 47.5 Å². The van der Waals surface area contributed by atoms with Gasteiger partial charge in [-0.05, 0) is 57.8 Å². The number of nitrogens with zero attached hydrogens (tertiary/aromatic N) is 1. The van der Waals surface area contributed by atoms with Crippen molar-refractivity contribution in [1.82, 2.24) is 0 Å². The van der Waals surface area contributed by atoms with Gasteiger partial charge in [-0.1, -0.05) is 125 Å². The molecule has 0 aromatic rings. The molecule has 328 valence electrons. The maximum Gasteiger partial charge on any atom is 0.472 e. The zero-order valence-corrected chi connectivity index (χ0v) is 36.5. The number of aliphatic hydroxyl groups excluding tert-OH is 3. The molecule has 0 bridgehead atoms. The highest BCUT2D eigenvalue weighted by molar-refractivity contribution is 7.47. The highest BCUT2D eigenvalue weighted by Gasteiger charge is 2.27. The Hall–Kier alpha value is -2.67. The van der Waals surface area contributed by atoms with E-state index in [1.165, 1.54) is 31.8 Å². The van der Waals surface area contributed by atoms with Crippen LogP contribution >= 0.6 is 7.82 Å². The van der Waals surface area contributed by atoms with Gasteiger partial charge >= 0.3 is 19.8 Å². The quantitative estimate of drug-likeness (QED) is 0.0120. The van der Waals surface area contributed by atoms with Gasteiger partial charge in [0.2, 0.25) is 0 Å². The van der Waals surface area contributed by atoms with Crippen LogP contribution < -0.4 is 0 Å². The minimum atomic E-state index is -4.48. The number of phosphoric ester groups is 1. The molecule has 0 radical (unpaired) electrons. The summed E-state index contributed by atoms with van der Waals surface area (Å²) in [4.78, 5) is 35.3. The molecular weight excluding hydrogens is 749 g/mol. The van der Waals surface area contributed by atoms with Gasteiger partial charge in [-0.15, -0.1) is 0 Å². The molecule has 0 amide bonds. The lowest BCUT2D eigenvalue weighted by Gasteiger charge is -2.24. The molecule has 5 atom stereocenters. The third kappa shape index (κ3) is 37.4. The summed E-state index contributed by atoms with van der Waals surface area (Å²) in [5.74, 6) is -1.15. The molecule has 0 aliphatic heterocycles. The summed E-state index contributed by atoms with van der Waals surface area (Å²) in [7, 11) is 1.24. The SMILES string of the molecule is CC/C=C\C[C@H](O)/C=C/C=C/C=C\C=C/[C@@H](O)[C@H](O)CCCC(=O)O[C@H](COC(=O)CCCCCCC/C=C\CCCCCC)COP(=O)(O)OCC[N+](C)(C)C. The third-order valence-corrected chi connectivity index (χ3v) is 9.55. The van der Waals surface area contributed by atoms with E-state index in [0.29, 0.717) is 23.9 Å². The van der Waals surface area contributed by atoms with E-state index >= 15 is 0 Å². The van der Waals surface area contributed by atoms with E-state index < -0.39 is 50.8 Å². The number of hydrogen-bond donors (Lipinski definition) is 4. The molecule has 57 heavy (non-hydrogen) atoms. The molecule has 0 spiro atoms. The van der Waals surface area contributed by atoms with Gasteiger partial charge in [0.1, 0.15) is 19.8 Å². The van der Waals surface area contributed by atoms with Crippen molar-refractivity contribution in [3.05, 3.63) is 72.9 Å². The number of ether oxygens (including phenoxy) is 2. The van der Waals surface area contributed by atoms with Gasteiger partial charge in [0.25, 0.3) is 0 Å². The Balaban J connectivity index is 4.78. The minimum absolute atomic E-state index is 0.0375. The van der Waals surface area contributed by atoms with Crippen LogP contribution in [0, 0.1) is 0 Å². The van der Waals surface area contributed by atoms with Crippen LogP contribution in [-0.2, 0) is 32.7 Å². The first-order valence-electron chi connectivity index (χ1n) is 21.0. The summed E-state index contributed by atoms with van der Waals surface area (Å²) >= 11 is 0. The fraction of sp³-hybridized carbons (Fsp3) is 0.682. The second kappa shape index (κ2) is 35.3. The Morgan fingerprint density at radius 2 is 1.28 bits per heavy atom. The number of quaternary nitrogens is 1. The van der Waals surface area contributed by atoms with Crippen molar-refractivity contribution in [1.29, 1.82) is 0 Å². The number of hydrogen-bond acceptors (Lipinski definition) is 10. The number of esters is 2. The molecule has 0 aliphatic carbocycles. The molecule has 1 unspecified atom stereocenters. The van der Waals surface area contributed by atoms with Crippen LogP contribution in [-0.4, -0.2) is 109 Å². The molecule has 0 aromatic carbocycles. The van der Waals surface area contributed by atoms with Crippen molar-refractivity contribution in [2.45, 2.75) is 147 Å². The van der Waals surface area contributed by atoms with Gasteiger partial charge in [-0.2, -0.15) is 0 Å². The van der Waals surface area contributed by atoms with Crippen molar-refractivity contribution in [3.63, 3.8) is 0 Å². The fourth-order valence-corrected chi connectivity index (χ4v) is 5.85. The fourth-order valence-electron chi connectivity index (χ4n) is 5.11. The largest absolute Gasteiger partial charge is 0.472 e. The molecule has 13 heteroatoms. The van der Waals surface area contributed by atoms with Crippen LogP contribution in [0.5, 0.6) is 0 Å². The summed E-state index contributed by atoms with van der Waals surface area (Å²) in [6.45, 7) is 3.77. The normalized spacial score (nSPS) is 16.0. The first-order valence-corrected chi connectivity index (χ1v) is 22.5. The molecule has 4 N–H and O–H groups in total. The highest BCUT2D eigenvalue weighted by atomic mass is 31.2. The molecule has 0 heterocycles. The minimum Gasteiger partial charge on any atom is -0.462 e. The van der Waals surface area contributed by atoms with Crippen molar-refractivity contribution >= 4 is 19.8 Å². The zero-order chi connectivity index (χ0) is 42.6. The van der Waals surface area contributed by atoms with Gasteiger partial charge in [0.15, 0.2) is 6.10 Å². The molecular formula is C44H77NO11P+. The Bertz CT molecular complexity index is 1250. The lowest BCUT2D eigenvalue weighted by Crippen LogP contribution is -2.37. The first kappa shape index (κ1) is 54.3. The molecule has 0 rings (SSSR count). The predicted octanol–water partition coefficient (Wildman–Crippen LogP) is 8.37. The number of likely N-dealkylation sites (N-methyl/N-ethyl adjacent to an activating group) is 1. The van der Waals surface area contributed by atoms with Crippen LogP contribution in [0.3, 0.4) is 0 Å². The van der Waals surface area contributed by atoms with Gasteiger partial charge < -0.3 is 34.2 Å². The third-order valence-electron chi connectivity index (χ3n) is 8.56. The number of carbonyl (C=O) groups is 2. The molecule has 12 nitrogen and oxygen atoms in total. The maximum atomic E-state index is 12.7. The topological polar surface area (TPSA) is 169 Å². The Morgan fingerprint density at radius 1 is 0.684 bits per heavy atom. The van der Waals surface area contributed by atoms with E-state index in [-0.39, 0.29) is 38.9 Å². The number of phosphoric acid groups is 1. The van der Waals surface area contributed by atoms with Crippen LogP contribution in [0.15, 0.2) is 72.9 Å². The number of rotatable bonds is 36. The van der Waals surface area contributed by atoms with Gasteiger partial charge in [0.05, 0.1) is 46.1 Å². The molecule has 0 fully saturated rings. The Morgan fingerprint density at radius 3 is 1.93 bits per heavy atom. The number of unbranched alkanes of at least 4 members (excludes halogenated alkanes) is 9. The van der Waals surface area contributed by atoms with E-state index in [1.54, 1.807) is 42.5 Å². The van der Waals surface area contributed by atoms with E-state index in [2.05, 4.69) is 19.1 Å². The van der Waals surface area contributed by atoms with Crippen molar-refractivity contribution < 1.29 is 57.4 Å². The standard InChI is InChI=1S/C44H76NO11P/c1-6-8-10-11-12-13-14-15-16-17-18-23-27-33-43(49)53-37-40(38-55-57(51,52)54-36-35-45(3,4)5)56-44(50)34-28-32-42(48)41(47)31-26-22-20-19-21-25-30-39(46)29-24-9-7-2/h9,13-14,19-22,24-26,30-31,39-42,46-48H,6-8,10-12,15-18,23,27-29,32-38H2,1-5H3/p+1/b14-13-,21-19+,22-20-,24-9-,30-25+,31-26-/t39-,40+,41+,42+/m0/s1. The highest BCUT2D eigenvalue weighted by Crippen LogP contribution is 2.43. The van der Waals surface area contributed by atoms with Gasteiger partial charge in [-0.25, -0.2) is 4.57 Å². The molecule has 0 saturated heterocycles. The zero-order valence-electron chi connectivity index (χ0n) is 35.6. The van der Waals surface area contributed by atoms with Gasteiger partial charge in [0, 0.05) is 12.8 Å². The second-order valence-corrected chi connectivity index (χ2v) is 16.7. The average molecular weight is 827 g/mol. The van der Waals surface area contributed by atoms with Crippen LogP contribution in [0.1, 0.15) is 123 Å². The lowest BCUT2D eigenvalue weighted by atomic mass is 10.1. The number of carbonyl (C=O) groups excluding carboxylic acids is 2. The van der Waals surface area contributed by atoms with Crippen LogP contribution in [0.25, 0.3) is 0 Å². The number of allylic oxidation sites excluding steroid dienone is 9. The summed E-state index contributed by atoms with van der Waals surface area (Å²) in [6, 6.07) is 0. The summed E-state index contributed by atoms with van der Waals surface area (Å²) in [5, 5.41) is 30.5. The van der Waals surface area contributed by atoms with Crippen LogP contribution in [0.4, 0.5) is 0 Å². The summed E-state index contributed by atoms with van der Waals surface area (Å²) < 4.78 is 33.9. The smallest absolute Gasteiger partial charge is 0.462 e. The Labute approximate surface area is 344 Å². The maximum absolute atomic E-state index is 12.7. The molecule has 0 aliphatic rings. The number of aliphatic hydroxyl groups is 3. The van der Waals surface area contributed by atoms with E-state index in [0.717, 1.165) is 44.9 Å². The molecule has 0 aromatic heterocycles. The van der Waals surface area contributed by atoms with Crippen molar-refractivity contribution in [3.8, 4) is 0 Å². The average Bonchev–Trinajstić information content (AvgIpc) is 3.15. The second-order valence-electron chi connectivity index (χ2n) is 15.2. The van der Waals surface area contributed by atoms with E-state index in [1.807, 2.05) is 40.2 Å².